The van der Waals surface area contributed by atoms with E-state index in [2.05, 4.69) is 27.7 Å². The summed E-state index contributed by atoms with van der Waals surface area (Å²) < 4.78 is 6.32. The smallest absolute Gasteiger partial charge is 0.118 e. The van der Waals surface area contributed by atoms with Crippen LogP contribution in [-0.2, 0) is 11.2 Å². The third-order valence-electron chi connectivity index (χ3n) is 4.38. The second-order valence-electron chi connectivity index (χ2n) is 7.55. The minimum Gasteiger partial charge on any atom is -0.508 e. The van der Waals surface area contributed by atoms with Gasteiger partial charge in [0.05, 0.1) is 11.7 Å². The summed E-state index contributed by atoms with van der Waals surface area (Å²) in [5.74, 6) is 0.369. The number of para-hydroxylation sites is 1. The fourth-order valence-corrected chi connectivity index (χ4v) is 3.10. The second kappa shape index (κ2) is 5.77. The van der Waals surface area contributed by atoms with Crippen LogP contribution in [0.5, 0.6) is 5.75 Å². The molecular formula is C18H28O2. The van der Waals surface area contributed by atoms with Crippen LogP contribution in [0.25, 0.3) is 0 Å². The standard InChI is InChI=1S/C18H28O2/c1-17(2)11-9-15(10-12-17)20-18(3,4)13-14-7-5-6-8-16(14)19/h5-8,15,19H,9-13H2,1-4H3. The number of benzene rings is 1. The van der Waals surface area contributed by atoms with Crippen molar-refractivity contribution in [2.24, 2.45) is 5.41 Å². The van der Waals surface area contributed by atoms with E-state index in [4.69, 9.17) is 4.74 Å². The first-order valence-corrected chi connectivity index (χ1v) is 7.72. The van der Waals surface area contributed by atoms with Gasteiger partial charge >= 0.3 is 0 Å². The number of phenolic OH excluding ortho intramolecular Hbond substituents is 1. The summed E-state index contributed by atoms with van der Waals surface area (Å²) in [6.07, 6.45) is 5.90. The molecule has 0 spiro atoms. The molecule has 2 heteroatoms. The van der Waals surface area contributed by atoms with Crippen molar-refractivity contribution in [1.29, 1.82) is 0 Å². The van der Waals surface area contributed by atoms with Gasteiger partial charge in [0.1, 0.15) is 5.75 Å². The number of ether oxygens (including phenoxy) is 1. The van der Waals surface area contributed by atoms with Gasteiger partial charge in [0.15, 0.2) is 0 Å². The van der Waals surface area contributed by atoms with Crippen molar-refractivity contribution in [1.82, 2.24) is 0 Å². The van der Waals surface area contributed by atoms with E-state index in [1.165, 1.54) is 12.8 Å². The Morgan fingerprint density at radius 2 is 1.80 bits per heavy atom. The van der Waals surface area contributed by atoms with Gasteiger partial charge in [0.2, 0.25) is 0 Å². The predicted molar refractivity (Wildman–Crippen MR) is 83.0 cm³/mol. The predicted octanol–water partition coefficient (Wildman–Crippen LogP) is 4.70. The average Bonchev–Trinajstić information content (AvgIpc) is 2.34. The van der Waals surface area contributed by atoms with E-state index in [1.807, 2.05) is 18.2 Å². The summed E-state index contributed by atoms with van der Waals surface area (Å²) in [4.78, 5) is 0. The van der Waals surface area contributed by atoms with Gasteiger partial charge in [0, 0.05) is 6.42 Å². The molecule has 0 aliphatic heterocycles. The lowest BCUT2D eigenvalue weighted by molar-refractivity contribution is -0.0941. The normalized spacial score (nSPS) is 20.0. The summed E-state index contributed by atoms with van der Waals surface area (Å²) in [7, 11) is 0. The van der Waals surface area contributed by atoms with Crippen LogP contribution < -0.4 is 0 Å². The van der Waals surface area contributed by atoms with Crippen LogP contribution in [0.3, 0.4) is 0 Å². The monoisotopic (exact) mass is 276 g/mol. The SMILES string of the molecule is CC1(C)CCC(OC(C)(C)Cc2ccccc2O)CC1. The highest BCUT2D eigenvalue weighted by molar-refractivity contribution is 5.32. The molecule has 1 aromatic carbocycles. The van der Waals surface area contributed by atoms with Crippen LogP contribution in [0.15, 0.2) is 24.3 Å². The van der Waals surface area contributed by atoms with Crippen molar-refractivity contribution in [3.63, 3.8) is 0 Å². The van der Waals surface area contributed by atoms with Gasteiger partial charge in [-0.15, -0.1) is 0 Å². The van der Waals surface area contributed by atoms with Crippen molar-refractivity contribution in [3.8, 4) is 5.75 Å². The molecule has 2 nitrogen and oxygen atoms in total. The molecule has 1 aliphatic carbocycles. The molecular weight excluding hydrogens is 248 g/mol. The average molecular weight is 276 g/mol. The van der Waals surface area contributed by atoms with E-state index in [-0.39, 0.29) is 5.60 Å². The van der Waals surface area contributed by atoms with Gasteiger partial charge in [-0.2, -0.15) is 0 Å². The summed E-state index contributed by atoms with van der Waals surface area (Å²) in [6, 6.07) is 7.54. The molecule has 0 atom stereocenters. The lowest BCUT2D eigenvalue weighted by atomic mass is 9.76. The van der Waals surface area contributed by atoms with E-state index >= 15 is 0 Å². The summed E-state index contributed by atoms with van der Waals surface area (Å²) >= 11 is 0. The Morgan fingerprint density at radius 3 is 2.40 bits per heavy atom. The Bertz CT molecular complexity index is 438. The Morgan fingerprint density at radius 1 is 1.20 bits per heavy atom. The fraction of sp³-hybridized carbons (Fsp3) is 0.667. The zero-order chi connectivity index (χ0) is 14.8. The molecule has 1 saturated carbocycles. The third-order valence-corrected chi connectivity index (χ3v) is 4.38. The third kappa shape index (κ3) is 4.24. The molecule has 20 heavy (non-hydrogen) atoms. The molecule has 1 aromatic rings. The Kier molecular flexibility index (Phi) is 4.43. The molecule has 0 unspecified atom stereocenters. The molecule has 1 N–H and O–H groups in total. The van der Waals surface area contributed by atoms with Crippen molar-refractivity contribution in [3.05, 3.63) is 29.8 Å². The highest BCUT2D eigenvalue weighted by Gasteiger charge is 2.31. The van der Waals surface area contributed by atoms with E-state index < -0.39 is 0 Å². The van der Waals surface area contributed by atoms with E-state index in [0.29, 0.717) is 17.3 Å². The van der Waals surface area contributed by atoms with Crippen LogP contribution in [-0.4, -0.2) is 16.8 Å². The van der Waals surface area contributed by atoms with Crippen LogP contribution in [0, 0.1) is 5.41 Å². The first-order valence-electron chi connectivity index (χ1n) is 7.72. The molecule has 0 aromatic heterocycles. The maximum absolute atomic E-state index is 9.89. The molecule has 0 amide bonds. The minimum absolute atomic E-state index is 0.231. The molecule has 1 fully saturated rings. The van der Waals surface area contributed by atoms with Crippen LogP contribution in [0.1, 0.15) is 58.9 Å². The number of hydrogen-bond donors (Lipinski definition) is 1. The van der Waals surface area contributed by atoms with Crippen LogP contribution in [0.2, 0.25) is 0 Å². The summed E-state index contributed by atoms with van der Waals surface area (Å²) in [6.45, 7) is 8.94. The number of aromatic hydroxyl groups is 1. The molecule has 0 radical (unpaired) electrons. The Hall–Kier alpha value is -1.02. The zero-order valence-corrected chi connectivity index (χ0v) is 13.3. The summed E-state index contributed by atoms with van der Waals surface area (Å²) in [5.41, 5.74) is 1.21. The largest absolute Gasteiger partial charge is 0.508 e. The van der Waals surface area contributed by atoms with Gasteiger partial charge in [0.25, 0.3) is 0 Å². The maximum Gasteiger partial charge on any atom is 0.118 e. The maximum atomic E-state index is 9.89. The zero-order valence-electron chi connectivity index (χ0n) is 13.3. The summed E-state index contributed by atoms with van der Waals surface area (Å²) in [5, 5.41) is 9.89. The highest BCUT2D eigenvalue weighted by Crippen LogP contribution is 2.38. The quantitative estimate of drug-likeness (QED) is 0.863. The molecule has 2 rings (SSSR count). The first-order chi connectivity index (χ1) is 9.27. The van der Waals surface area contributed by atoms with Crippen molar-refractivity contribution in [2.45, 2.75) is 71.5 Å². The van der Waals surface area contributed by atoms with Gasteiger partial charge in [-0.25, -0.2) is 0 Å². The fourth-order valence-electron chi connectivity index (χ4n) is 3.10. The number of phenols is 1. The van der Waals surface area contributed by atoms with Crippen molar-refractivity contribution >= 4 is 0 Å². The molecule has 1 aliphatic rings. The van der Waals surface area contributed by atoms with E-state index in [1.54, 1.807) is 6.07 Å². The number of rotatable bonds is 4. The first kappa shape index (κ1) is 15.4. The molecule has 0 bridgehead atoms. The lowest BCUT2D eigenvalue weighted by Crippen LogP contribution is -2.36. The topological polar surface area (TPSA) is 29.5 Å². The number of hydrogen-bond acceptors (Lipinski definition) is 2. The Balaban J connectivity index is 1.93. The van der Waals surface area contributed by atoms with Gasteiger partial charge < -0.3 is 9.84 Å². The van der Waals surface area contributed by atoms with Crippen LogP contribution in [0.4, 0.5) is 0 Å². The Labute approximate surface area is 123 Å². The lowest BCUT2D eigenvalue weighted by Gasteiger charge is -2.38. The second-order valence-corrected chi connectivity index (χ2v) is 7.55. The van der Waals surface area contributed by atoms with E-state index in [0.717, 1.165) is 24.8 Å². The highest BCUT2D eigenvalue weighted by atomic mass is 16.5. The molecule has 0 saturated heterocycles. The van der Waals surface area contributed by atoms with Gasteiger partial charge in [-0.05, 0) is 56.6 Å². The van der Waals surface area contributed by atoms with Gasteiger partial charge in [-0.3, -0.25) is 0 Å². The van der Waals surface area contributed by atoms with Gasteiger partial charge in [-0.1, -0.05) is 32.0 Å². The molecule has 0 heterocycles. The van der Waals surface area contributed by atoms with Crippen molar-refractivity contribution in [2.75, 3.05) is 0 Å². The van der Waals surface area contributed by atoms with Crippen molar-refractivity contribution < 1.29 is 9.84 Å². The van der Waals surface area contributed by atoms with Crippen LogP contribution >= 0.6 is 0 Å². The molecule has 112 valence electrons. The minimum atomic E-state index is -0.231. The van der Waals surface area contributed by atoms with E-state index in [9.17, 15) is 5.11 Å².